The second kappa shape index (κ2) is 9.99. The van der Waals surface area contributed by atoms with Gasteiger partial charge in [-0.2, -0.15) is 13.1 Å². The Hall–Kier alpha value is -1.10. The summed E-state index contributed by atoms with van der Waals surface area (Å²) >= 11 is 17.0. The van der Waals surface area contributed by atoms with E-state index in [2.05, 4.69) is 11.6 Å². The number of nitrogens with one attached hydrogen (secondary N) is 1. The van der Waals surface area contributed by atoms with Crippen molar-refractivity contribution in [2.75, 3.05) is 6.61 Å². The van der Waals surface area contributed by atoms with Crippen molar-refractivity contribution in [1.29, 1.82) is 0 Å². The van der Waals surface area contributed by atoms with Crippen molar-refractivity contribution in [1.82, 2.24) is 4.72 Å². The molecule has 4 rings (SSSR count). The Balaban J connectivity index is 1.68. The number of fused-ring (bicyclic) bond motifs is 5. The van der Waals surface area contributed by atoms with E-state index in [4.69, 9.17) is 48.5 Å². The number of alkyl halides is 3. The lowest BCUT2D eigenvalue weighted by Crippen LogP contribution is -2.47. The van der Waals surface area contributed by atoms with E-state index in [1.165, 1.54) is 6.92 Å². The highest BCUT2D eigenvalue weighted by Crippen LogP contribution is 2.62. The minimum Gasteiger partial charge on any atom is -0.464 e. The predicted octanol–water partition coefficient (Wildman–Crippen LogP) is 4.73. The Labute approximate surface area is 220 Å². The molecule has 1 aromatic carbocycles. The van der Waals surface area contributed by atoms with Crippen molar-refractivity contribution < 1.29 is 31.7 Å². The molecule has 6 atom stereocenters. The second-order valence-corrected chi connectivity index (χ2v) is 13.7. The van der Waals surface area contributed by atoms with E-state index in [0.29, 0.717) is 18.6 Å². The van der Waals surface area contributed by atoms with Crippen molar-refractivity contribution in [3.63, 3.8) is 0 Å². The first-order valence-corrected chi connectivity index (χ1v) is 14.0. The van der Waals surface area contributed by atoms with Crippen LogP contribution in [0.15, 0.2) is 18.2 Å². The molecule has 0 aromatic heterocycles. The van der Waals surface area contributed by atoms with Gasteiger partial charge in [-0.3, -0.25) is 13.8 Å². The molecule has 0 aliphatic heterocycles. The van der Waals surface area contributed by atoms with E-state index >= 15 is 0 Å². The number of hydrogen-bond donors (Lipinski definition) is 1. The SMILES string of the molecule is CC(=O)Oc1ccc2c(c1)[C@@H](NS(=O)(=O)OCC(Cl)(Cl)Cl)C[C@@H]1[C@@H]2CC[C@]2(C)[C@@H](OC=O)CC[C@@H]12. The van der Waals surface area contributed by atoms with Crippen molar-refractivity contribution in [3.8, 4) is 5.75 Å². The third-order valence-corrected chi connectivity index (χ3v) is 9.17. The minimum absolute atomic E-state index is 0.151. The van der Waals surface area contributed by atoms with Gasteiger partial charge in [0.1, 0.15) is 18.5 Å². The monoisotopic (exact) mass is 567 g/mol. The zero-order valence-electron chi connectivity index (χ0n) is 19.3. The molecular weight excluding hydrogens is 541 g/mol. The Kier molecular flexibility index (Phi) is 7.69. The average Bonchev–Trinajstić information content (AvgIpc) is 3.08. The molecular formula is C23H28Cl3NO7S. The molecule has 3 aliphatic carbocycles. The normalized spacial score (nSPS) is 32.2. The third-order valence-electron chi connectivity index (χ3n) is 7.84. The van der Waals surface area contributed by atoms with E-state index in [1.807, 2.05) is 6.07 Å². The van der Waals surface area contributed by atoms with Crippen molar-refractivity contribution in [2.45, 2.75) is 67.8 Å². The lowest BCUT2D eigenvalue weighted by atomic mass is 9.55. The molecule has 0 unspecified atom stereocenters. The lowest BCUT2D eigenvalue weighted by Gasteiger charge is -2.51. The van der Waals surface area contributed by atoms with Gasteiger partial charge in [-0.15, -0.1) is 0 Å². The zero-order chi connectivity index (χ0) is 25.6. The summed E-state index contributed by atoms with van der Waals surface area (Å²) in [4.78, 5) is 22.6. The quantitative estimate of drug-likeness (QED) is 0.219. The van der Waals surface area contributed by atoms with E-state index < -0.39 is 32.7 Å². The maximum absolute atomic E-state index is 12.8. The Morgan fingerprint density at radius 2 is 1.97 bits per heavy atom. The molecule has 1 N–H and O–H groups in total. The van der Waals surface area contributed by atoms with Crippen LogP contribution in [0, 0.1) is 17.3 Å². The van der Waals surface area contributed by atoms with Gasteiger partial charge in [0.2, 0.25) is 3.79 Å². The number of carbonyl (C=O) groups is 2. The van der Waals surface area contributed by atoms with Gasteiger partial charge in [0.05, 0.1) is 0 Å². The topological polar surface area (TPSA) is 108 Å². The maximum Gasteiger partial charge on any atom is 0.336 e. The molecule has 2 saturated carbocycles. The number of ether oxygens (including phenoxy) is 2. The summed E-state index contributed by atoms with van der Waals surface area (Å²) in [5.74, 6) is 0.472. The fourth-order valence-electron chi connectivity index (χ4n) is 6.53. The number of carbonyl (C=O) groups excluding carboxylic acids is 2. The molecule has 2 fully saturated rings. The van der Waals surface area contributed by atoms with E-state index in [0.717, 1.165) is 36.8 Å². The molecule has 0 saturated heterocycles. The Morgan fingerprint density at radius 1 is 1.23 bits per heavy atom. The maximum atomic E-state index is 12.8. The van der Waals surface area contributed by atoms with E-state index in [-0.39, 0.29) is 29.3 Å². The summed E-state index contributed by atoms with van der Waals surface area (Å²) < 4.78 is 41.9. The summed E-state index contributed by atoms with van der Waals surface area (Å²) in [7, 11) is -4.27. The number of rotatable bonds is 7. The molecule has 194 valence electrons. The van der Waals surface area contributed by atoms with Crippen LogP contribution >= 0.6 is 34.8 Å². The number of hydrogen-bond acceptors (Lipinski definition) is 7. The summed E-state index contributed by atoms with van der Waals surface area (Å²) in [6, 6.07) is 4.70. The summed E-state index contributed by atoms with van der Waals surface area (Å²) in [6.07, 6.45) is 3.79. The predicted molar refractivity (Wildman–Crippen MR) is 131 cm³/mol. The van der Waals surface area contributed by atoms with Crippen LogP contribution in [0.3, 0.4) is 0 Å². The number of benzene rings is 1. The van der Waals surface area contributed by atoms with Gasteiger partial charge in [0.15, 0.2) is 0 Å². The van der Waals surface area contributed by atoms with Gasteiger partial charge < -0.3 is 9.47 Å². The molecule has 35 heavy (non-hydrogen) atoms. The molecule has 8 nitrogen and oxygen atoms in total. The van der Waals surface area contributed by atoms with Gasteiger partial charge in [-0.1, -0.05) is 47.8 Å². The second-order valence-electron chi connectivity index (χ2n) is 9.84. The van der Waals surface area contributed by atoms with Crippen molar-refractivity contribution in [2.24, 2.45) is 17.3 Å². The van der Waals surface area contributed by atoms with Gasteiger partial charge in [0.25, 0.3) is 6.47 Å². The van der Waals surface area contributed by atoms with Gasteiger partial charge in [-0.25, -0.2) is 0 Å². The fraction of sp³-hybridized carbons (Fsp3) is 0.652. The van der Waals surface area contributed by atoms with Crippen LogP contribution in [-0.2, 0) is 28.8 Å². The van der Waals surface area contributed by atoms with Gasteiger partial charge >= 0.3 is 16.3 Å². The van der Waals surface area contributed by atoms with E-state index in [9.17, 15) is 18.0 Å². The summed E-state index contributed by atoms with van der Waals surface area (Å²) in [5, 5.41) is 0. The van der Waals surface area contributed by atoms with Crippen molar-refractivity contribution in [3.05, 3.63) is 29.3 Å². The third kappa shape index (κ3) is 5.75. The molecule has 12 heteroatoms. The highest BCUT2D eigenvalue weighted by molar-refractivity contribution is 7.84. The molecule has 0 radical (unpaired) electrons. The van der Waals surface area contributed by atoms with Crippen LogP contribution in [0.5, 0.6) is 5.75 Å². The summed E-state index contributed by atoms with van der Waals surface area (Å²) in [5.41, 5.74) is 1.56. The zero-order valence-corrected chi connectivity index (χ0v) is 22.4. The standard InChI is InChI=1S/C23H28Cl3NO7S/c1-13(29)34-14-3-4-15-16-7-8-22(2)19(5-6-21(22)32-12-28)17(16)10-20(18(15)9-14)27-35(30,31)33-11-23(24,25)26/h3-4,9,12,16-17,19-21,27H,5-8,10-11H2,1-2H3/t16-,17-,19+,20+,21+,22+/m1/s1. The van der Waals surface area contributed by atoms with Crippen LogP contribution in [0.4, 0.5) is 0 Å². The van der Waals surface area contributed by atoms with Crippen molar-refractivity contribution >= 4 is 57.5 Å². The van der Waals surface area contributed by atoms with E-state index in [1.54, 1.807) is 12.1 Å². The highest BCUT2D eigenvalue weighted by Gasteiger charge is 2.57. The first-order valence-electron chi connectivity index (χ1n) is 11.5. The fourth-order valence-corrected chi connectivity index (χ4v) is 7.86. The van der Waals surface area contributed by atoms with Crippen LogP contribution in [0.1, 0.15) is 69.0 Å². The average molecular weight is 569 g/mol. The van der Waals surface area contributed by atoms with Crippen LogP contribution in [0.25, 0.3) is 0 Å². The molecule has 3 aliphatic rings. The minimum atomic E-state index is -4.27. The van der Waals surface area contributed by atoms with Gasteiger partial charge in [-0.05, 0) is 73.1 Å². The summed E-state index contributed by atoms with van der Waals surface area (Å²) in [6.45, 7) is 3.35. The van der Waals surface area contributed by atoms with Crippen LogP contribution < -0.4 is 9.46 Å². The Morgan fingerprint density at radius 3 is 2.63 bits per heavy atom. The van der Waals surface area contributed by atoms with Crippen LogP contribution in [-0.4, -0.2) is 37.4 Å². The number of esters is 1. The smallest absolute Gasteiger partial charge is 0.336 e. The first kappa shape index (κ1) is 26.9. The van der Waals surface area contributed by atoms with Gasteiger partial charge in [0, 0.05) is 18.4 Å². The number of halogens is 3. The highest BCUT2D eigenvalue weighted by atomic mass is 35.6. The Bertz CT molecular complexity index is 1090. The molecule has 0 heterocycles. The first-order chi connectivity index (χ1) is 16.3. The molecule has 0 bridgehead atoms. The lowest BCUT2D eigenvalue weighted by molar-refractivity contribution is -0.142. The molecule has 1 aromatic rings. The van der Waals surface area contributed by atoms with Crippen LogP contribution in [0.2, 0.25) is 0 Å². The molecule has 0 amide bonds. The molecule has 0 spiro atoms. The largest absolute Gasteiger partial charge is 0.464 e.